The normalized spacial score (nSPS) is 15.1. The molecule has 2 aliphatic rings. The van der Waals surface area contributed by atoms with Crippen molar-refractivity contribution in [2.75, 3.05) is 61.7 Å². The van der Waals surface area contributed by atoms with Gasteiger partial charge in [-0.1, -0.05) is 30.3 Å². The first kappa shape index (κ1) is 33.6. The Bertz CT molecular complexity index is 1740. The Morgan fingerprint density at radius 1 is 0.830 bits per heavy atom. The minimum Gasteiger partial charge on any atom is -0.493 e. The Morgan fingerprint density at radius 2 is 1.45 bits per heavy atom. The van der Waals surface area contributed by atoms with Crippen molar-refractivity contribution in [3.8, 4) is 23.0 Å². The largest absolute Gasteiger partial charge is 0.493 e. The molecule has 9 heteroatoms. The summed E-state index contributed by atoms with van der Waals surface area (Å²) < 4.78 is 21.7. The minimum absolute atomic E-state index is 0.183. The molecule has 4 aromatic carbocycles. The predicted molar refractivity (Wildman–Crippen MR) is 183 cm³/mol. The van der Waals surface area contributed by atoms with Crippen LogP contribution in [0.4, 0.5) is 0 Å². The van der Waals surface area contributed by atoms with Crippen LogP contribution in [0.15, 0.2) is 66.7 Å². The number of rotatable bonds is 11. The number of aromatic carboxylic acids is 1. The van der Waals surface area contributed by atoms with E-state index in [4.69, 9.17) is 24.1 Å². The molecule has 1 aliphatic heterocycles. The molecule has 0 bridgehead atoms. The van der Waals surface area contributed by atoms with Crippen molar-refractivity contribution in [1.29, 1.82) is 0 Å². The van der Waals surface area contributed by atoms with Gasteiger partial charge in [-0.2, -0.15) is 0 Å². The second kappa shape index (κ2) is 15.2. The fourth-order valence-corrected chi connectivity index (χ4v) is 6.47. The molecule has 0 spiro atoms. The van der Waals surface area contributed by atoms with E-state index >= 15 is 0 Å². The van der Waals surface area contributed by atoms with E-state index in [1.165, 1.54) is 16.7 Å². The number of fused-ring (bicyclic) bond motifs is 3. The number of methoxy groups -OCH3 is 4. The molecule has 0 aromatic heterocycles. The summed E-state index contributed by atoms with van der Waals surface area (Å²) in [4.78, 5) is 27.9. The van der Waals surface area contributed by atoms with Crippen molar-refractivity contribution in [2.24, 2.45) is 0 Å². The Kier molecular flexibility index (Phi) is 10.9. The fraction of sp³-hybridized carbons (Fsp3) is 0.368. The van der Waals surface area contributed by atoms with Gasteiger partial charge >= 0.3 is 5.97 Å². The number of hydrogen-bond acceptors (Lipinski definition) is 7. The summed E-state index contributed by atoms with van der Waals surface area (Å²) in [5.74, 6) is 2.81. The smallest absolute Gasteiger partial charge is 0.335 e. The first-order chi connectivity index (χ1) is 22.7. The van der Waals surface area contributed by atoms with Crippen LogP contribution in [-0.2, 0) is 24.1 Å². The van der Waals surface area contributed by atoms with Crippen LogP contribution < -0.4 is 18.9 Å². The molecule has 0 saturated heterocycles. The summed E-state index contributed by atoms with van der Waals surface area (Å²) in [5, 5.41) is 10.8. The maximum absolute atomic E-state index is 12.9. The molecule has 6 rings (SSSR count). The molecule has 1 N–H and O–H groups in total. The maximum atomic E-state index is 12.9. The average Bonchev–Trinajstić information content (AvgIpc) is 3.23. The van der Waals surface area contributed by atoms with Gasteiger partial charge in [0.15, 0.2) is 23.0 Å². The van der Waals surface area contributed by atoms with Crippen LogP contribution >= 0.6 is 0 Å². The number of likely N-dealkylation sites (N-methyl/N-ethyl adjacent to an activating group) is 1. The van der Waals surface area contributed by atoms with Gasteiger partial charge in [0.05, 0.1) is 40.4 Å². The lowest BCUT2D eigenvalue weighted by molar-refractivity contribution is -0.130. The first-order valence-corrected chi connectivity index (χ1v) is 15.9. The number of amides is 1. The number of carboxylic acid groups (broad SMARTS) is 1. The van der Waals surface area contributed by atoms with Crippen molar-refractivity contribution in [2.45, 2.75) is 31.6 Å². The van der Waals surface area contributed by atoms with Gasteiger partial charge in [0.1, 0.15) is 0 Å². The molecule has 47 heavy (non-hydrogen) atoms. The molecule has 0 unspecified atom stereocenters. The van der Waals surface area contributed by atoms with Crippen molar-refractivity contribution in [3.63, 3.8) is 0 Å². The van der Waals surface area contributed by atoms with Crippen molar-refractivity contribution in [1.82, 2.24) is 9.80 Å². The molecule has 248 valence electrons. The highest BCUT2D eigenvalue weighted by atomic mass is 16.5. The summed E-state index contributed by atoms with van der Waals surface area (Å²) in [5.41, 5.74) is 5.24. The standard InChI is InChI=1S/C27H36N2O5.C11H8O2/c1-28(17-21-11-20-14-25(33-4)26(34-5)16-22(20)21)8-6-9-29-10-7-18-12-23(31-2)24(32-3)13-19(18)15-27(29)30;12-11(13)10-6-5-8-3-1-2-4-9(8)7-10/h12-14,16,21H,6-11,15,17H2,1-5H3;1-7H,(H,12,13)/t21-;/m1./s1. The van der Waals surface area contributed by atoms with Crippen LogP contribution in [0.25, 0.3) is 10.8 Å². The molecule has 9 nitrogen and oxygen atoms in total. The summed E-state index contributed by atoms with van der Waals surface area (Å²) in [6.45, 7) is 3.47. The summed E-state index contributed by atoms with van der Waals surface area (Å²) in [6.07, 6.45) is 3.27. The Labute approximate surface area is 276 Å². The Balaban J connectivity index is 0.000000277. The number of carbonyl (C=O) groups is 2. The van der Waals surface area contributed by atoms with Gasteiger partial charge in [0.25, 0.3) is 0 Å². The maximum Gasteiger partial charge on any atom is 0.335 e. The number of nitrogens with zero attached hydrogens (tertiary/aromatic N) is 2. The number of carboxylic acids is 1. The zero-order valence-electron chi connectivity index (χ0n) is 27.9. The molecule has 0 fully saturated rings. The fourth-order valence-electron chi connectivity index (χ4n) is 6.47. The highest BCUT2D eigenvalue weighted by molar-refractivity contribution is 5.94. The highest BCUT2D eigenvalue weighted by Crippen LogP contribution is 2.42. The van der Waals surface area contributed by atoms with E-state index in [1.54, 1.807) is 40.6 Å². The molecular weight excluding hydrogens is 596 g/mol. The second-order valence-electron chi connectivity index (χ2n) is 12.1. The topological polar surface area (TPSA) is 97.8 Å². The number of benzene rings is 4. The van der Waals surface area contributed by atoms with E-state index < -0.39 is 5.97 Å². The lowest BCUT2D eigenvalue weighted by atomic mass is 9.77. The Morgan fingerprint density at radius 3 is 2.11 bits per heavy atom. The molecule has 4 aromatic rings. The third kappa shape index (κ3) is 7.80. The summed E-state index contributed by atoms with van der Waals surface area (Å²) >= 11 is 0. The molecule has 1 heterocycles. The van der Waals surface area contributed by atoms with E-state index in [0.717, 1.165) is 79.0 Å². The first-order valence-electron chi connectivity index (χ1n) is 15.9. The van der Waals surface area contributed by atoms with Crippen molar-refractivity contribution >= 4 is 22.6 Å². The number of carbonyl (C=O) groups excluding carboxylic acids is 1. The lowest BCUT2D eigenvalue weighted by Crippen LogP contribution is -2.36. The number of ether oxygens (including phenoxy) is 4. The third-order valence-electron chi connectivity index (χ3n) is 9.10. The van der Waals surface area contributed by atoms with Gasteiger partial charge in [-0.05, 0) is 102 Å². The van der Waals surface area contributed by atoms with Crippen LogP contribution in [0.2, 0.25) is 0 Å². The summed E-state index contributed by atoms with van der Waals surface area (Å²) in [7, 11) is 8.79. The average molecular weight is 641 g/mol. The molecule has 0 saturated carbocycles. The van der Waals surface area contributed by atoms with Gasteiger partial charge in [0, 0.05) is 25.6 Å². The number of hydrogen-bond donors (Lipinski definition) is 1. The van der Waals surface area contributed by atoms with Crippen LogP contribution in [0.3, 0.4) is 0 Å². The monoisotopic (exact) mass is 640 g/mol. The molecular formula is C38H44N2O7. The quantitative estimate of drug-likeness (QED) is 0.218. The second-order valence-corrected chi connectivity index (χ2v) is 12.1. The van der Waals surface area contributed by atoms with E-state index in [1.807, 2.05) is 47.4 Å². The zero-order valence-corrected chi connectivity index (χ0v) is 27.9. The van der Waals surface area contributed by atoms with Crippen LogP contribution in [0.5, 0.6) is 23.0 Å². The highest BCUT2D eigenvalue weighted by Gasteiger charge is 2.29. The SMILES string of the molecule is COc1cc2c(cc1OC)CC(=O)N(CCCN(C)C[C@H]1Cc3cc(OC)c(OC)cc31)CC2.O=C(O)c1ccc2ccccc2c1. The molecule has 1 amide bonds. The van der Waals surface area contributed by atoms with E-state index in [0.29, 0.717) is 23.7 Å². The molecule has 1 aliphatic carbocycles. The summed E-state index contributed by atoms with van der Waals surface area (Å²) in [6, 6.07) is 21.0. The van der Waals surface area contributed by atoms with Crippen molar-refractivity contribution in [3.05, 3.63) is 94.5 Å². The zero-order chi connectivity index (χ0) is 33.5. The van der Waals surface area contributed by atoms with Gasteiger partial charge in [0.2, 0.25) is 5.91 Å². The van der Waals surface area contributed by atoms with E-state index in [9.17, 15) is 9.59 Å². The van der Waals surface area contributed by atoms with Crippen LogP contribution in [0, 0.1) is 0 Å². The predicted octanol–water partition coefficient (Wildman–Crippen LogP) is 5.85. The van der Waals surface area contributed by atoms with Crippen molar-refractivity contribution < 1.29 is 33.6 Å². The van der Waals surface area contributed by atoms with Gasteiger partial charge < -0.3 is 33.9 Å². The molecule has 0 radical (unpaired) electrons. The van der Waals surface area contributed by atoms with Crippen LogP contribution in [0.1, 0.15) is 45.0 Å². The molecule has 1 atom stereocenters. The van der Waals surface area contributed by atoms with Crippen LogP contribution in [-0.4, -0.2) is 88.4 Å². The van der Waals surface area contributed by atoms with E-state index in [2.05, 4.69) is 24.1 Å². The van der Waals surface area contributed by atoms with Gasteiger partial charge in [-0.25, -0.2) is 4.79 Å². The minimum atomic E-state index is -0.884. The lowest BCUT2D eigenvalue weighted by Gasteiger charge is -2.34. The van der Waals surface area contributed by atoms with Gasteiger partial charge in [-0.3, -0.25) is 4.79 Å². The Hall–Kier alpha value is -4.76. The van der Waals surface area contributed by atoms with E-state index in [-0.39, 0.29) is 5.91 Å². The third-order valence-corrected chi connectivity index (χ3v) is 9.10. The van der Waals surface area contributed by atoms with Gasteiger partial charge in [-0.15, -0.1) is 0 Å².